The lowest BCUT2D eigenvalue weighted by molar-refractivity contribution is -0.385. The van der Waals surface area contributed by atoms with E-state index in [0.717, 1.165) is 21.4 Å². The quantitative estimate of drug-likeness (QED) is 0.663. The molecule has 1 heterocycles. The molecule has 0 spiro atoms. The molecule has 0 atom stereocenters. The summed E-state index contributed by atoms with van der Waals surface area (Å²) < 4.78 is 2.82. The normalized spacial score (nSPS) is 10.9. The molecule has 1 aromatic carbocycles. The Hall–Kier alpha value is -1.73. The standard InChI is InChI=1S/C14H17BrN4O2/c1-9-11(5-4-6-12(9)19(20)21)7-16-8-13-14(15)10(2)17-18(13)3/h4-6,16H,7-8H2,1-3H3. The lowest BCUT2D eigenvalue weighted by Gasteiger charge is -2.09. The van der Waals surface area contributed by atoms with Crippen molar-refractivity contribution in [2.24, 2.45) is 7.05 Å². The monoisotopic (exact) mass is 352 g/mol. The summed E-state index contributed by atoms with van der Waals surface area (Å²) in [6, 6.07) is 5.14. The van der Waals surface area contributed by atoms with Crippen molar-refractivity contribution >= 4 is 21.6 Å². The van der Waals surface area contributed by atoms with Crippen LogP contribution in [0.15, 0.2) is 22.7 Å². The van der Waals surface area contributed by atoms with Gasteiger partial charge in [0.25, 0.3) is 5.69 Å². The largest absolute Gasteiger partial charge is 0.307 e. The Bertz CT molecular complexity index is 682. The molecule has 0 aliphatic heterocycles. The summed E-state index contributed by atoms with van der Waals surface area (Å²) in [6.07, 6.45) is 0. The van der Waals surface area contributed by atoms with Crippen molar-refractivity contribution in [3.63, 3.8) is 0 Å². The Kier molecular flexibility index (Phi) is 4.74. The highest BCUT2D eigenvalue weighted by atomic mass is 79.9. The Morgan fingerprint density at radius 3 is 2.67 bits per heavy atom. The molecule has 21 heavy (non-hydrogen) atoms. The lowest BCUT2D eigenvalue weighted by atomic mass is 10.1. The van der Waals surface area contributed by atoms with E-state index < -0.39 is 0 Å². The van der Waals surface area contributed by atoms with Crippen molar-refractivity contribution < 1.29 is 4.92 Å². The van der Waals surface area contributed by atoms with Gasteiger partial charge in [0.2, 0.25) is 0 Å². The first kappa shape index (κ1) is 15.7. The SMILES string of the molecule is Cc1nn(C)c(CNCc2cccc([N+](=O)[O-])c2C)c1Br. The summed E-state index contributed by atoms with van der Waals surface area (Å²) in [5.41, 5.74) is 3.79. The van der Waals surface area contributed by atoms with E-state index in [4.69, 9.17) is 0 Å². The number of nitro benzene ring substituents is 1. The first-order valence-corrected chi connectivity index (χ1v) is 7.32. The first-order chi connectivity index (χ1) is 9.91. The van der Waals surface area contributed by atoms with Gasteiger partial charge >= 0.3 is 0 Å². The third-order valence-corrected chi connectivity index (χ3v) is 4.52. The topological polar surface area (TPSA) is 73.0 Å². The van der Waals surface area contributed by atoms with Crippen LogP contribution in [0.1, 0.15) is 22.5 Å². The van der Waals surface area contributed by atoms with Gasteiger partial charge in [0.15, 0.2) is 0 Å². The van der Waals surface area contributed by atoms with Gasteiger partial charge in [-0.1, -0.05) is 12.1 Å². The Balaban J connectivity index is 2.07. The lowest BCUT2D eigenvalue weighted by Crippen LogP contribution is -2.16. The zero-order chi connectivity index (χ0) is 15.6. The molecule has 7 heteroatoms. The van der Waals surface area contributed by atoms with Crippen molar-refractivity contribution in [3.8, 4) is 0 Å². The van der Waals surface area contributed by atoms with Crippen LogP contribution < -0.4 is 5.32 Å². The molecular formula is C14H17BrN4O2. The molecule has 112 valence electrons. The Morgan fingerprint density at radius 1 is 1.38 bits per heavy atom. The number of nitrogens with one attached hydrogen (secondary N) is 1. The molecule has 0 amide bonds. The average molecular weight is 353 g/mol. The van der Waals surface area contributed by atoms with E-state index in [9.17, 15) is 10.1 Å². The van der Waals surface area contributed by atoms with Crippen molar-refractivity contribution in [2.45, 2.75) is 26.9 Å². The number of aryl methyl sites for hydroxylation is 2. The van der Waals surface area contributed by atoms with E-state index in [0.29, 0.717) is 18.7 Å². The number of aromatic nitrogens is 2. The van der Waals surface area contributed by atoms with Crippen molar-refractivity contribution in [2.75, 3.05) is 0 Å². The fourth-order valence-electron chi connectivity index (χ4n) is 2.25. The minimum absolute atomic E-state index is 0.159. The van der Waals surface area contributed by atoms with Gasteiger partial charge in [-0.2, -0.15) is 5.10 Å². The van der Waals surface area contributed by atoms with E-state index in [1.807, 2.05) is 24.7 Å². The molecule has 0 bridgehead atoms. The van der Waals surface area contributed by atoms with Crippen molar-refractivity contribution in [1.29, 1.82) is 0 Å². The molecule has 2 rings (SSSR count). The van der Waals surface area contributed by atoms with Gasteiger partial charge in [0.1, 0.15) is 0 Å². The maximum Gasteiger partial charge on any atom is 0.272 e. The number of rotatable bonds is 5. The van der Waals surface area contributed by atoms with Gasteiger partial charge in [0.05, 0.1) is 20.8 Å². The molecule has 2 aromatic rings. The van der Waals surface area contributed by atoms with Gasteiger partial charge < -0.3 is 5.32 Å². The molecule has 1 aromatic heterocycles. The zero-order valence-corrected chi connectivity index (χ0v) is 13.8. The molecule has 0 aliphatic rings. The van der Waals surface area contributed by atoms with Crippen LogP contribution in [0, 0.1) is 24.0 Å². The second-order valence-electron chi connectivity index (χ2n) is 4.89. The van der Waals surface area contributed by atoms with E-state index in [1.165, 1.54) is 6.07 Å². The average Bonchev–Trinajstić information content (AvgIpc) is 2.66. The van der Waals surface area contributed by atoms with Crippen LogP contribution >= 0.6 is 15.9 Å². The van der Waals surface area contributed by atoms with E-state index in [2.05, 4.69) is 26.3 Å². The molecule has 0 aliphatic carbocycles. The molecule has 0 saturated heterocycles. The van der Waals surface area contributed by atoms with Crippen molar-refractivity contribution in [3.05, 3.63) is 55.3 Å². The van der Waals surface area contributed by atoms with Gasteiger partial charge in [-0.3, -0.25) is 14.8 Å². The predicted octanol–water partition coefficient (Wildman–Crippen LogP) is 3.00. The van der Waals surface area contributed by atoms with Gasteiger partial charge in [0, 0.05) is 31.8 Å². The van der Waals surface area contributed by atoms with E-state index in [-0.39, 0.29) is 10.6 Å². The smallest absolute Gasteiger partial charge is 0.272 e. The summed E-state index contributed by atoms with van der Waals surface area (Å²) in [7, 11) is 1.90. The molecule has 0 radical (unpaired) electrons. The fourth-order valence-corrected chi connectivity index (χ4v) is 2.72. The third-order valence-electron chi connectivity index (χ3n) is 3.48. The summed E-state index contributed by atoms with van der Waals surface area (Å²) in [4.78, 5) is 10.6. The molecule has 0 unspecified atom stereocenters. The summed E-state index contributed by atoms with van der Waals surface area (Å²) >= 11 is 3.52. The number of hydrogen-bond donors (Lipinski definition) is 1. The first-order valence-electron chi connectivity index (χ1n) is 6.53. The van der Waals surface area contributed by atoms with Crippen LogP contribution in [-0.2, 0) is 20.1 Å². The Morgan fingerprint density at radius 2 is 2.10 bits per heavy atom. The highest BCUT2D eigenvalue weighted by molar-refractivity contribution is 9.10. The second kappa shape index (κ2) is 6.36. The number of nitro groups is 1. The predicted molar refractivity (Wildman–Crippen MR) is 84.0 cm³/mol. The minimum atomic E-state index is -0.347. The van der Waals surface area contributed by atoms with Gasteiger partial charge in [-0.15, -0.1) is 0 Å². The highest BCUT2D eigenvalue weighted by Crippen LogP contribution is 2.22. The summed E-state index contributed by atoms with van der Waals surface area (Å²) in [5, 5.41) is 18.6. The second-order valence-corrected chi connectivity index (χ2v) is 5.68. The molecule has 0 fully saturated rings. The zero-order valence-electron chi connectivity index (χ0n) is 12.2. The van der Waals surface area contributed by atoms with Crippen LogP contribution in [0.5, 0.6) is 0 Å². The van der Waals surface area contributed by atoms with Crippen LogP contribution in [-0.4, -0.2) is 14.7 Å². The van der Waals surface area contributed by atoms with Crippen LogP contribution in [0.3, 0.4) is 0 Å². The Labute approximate surface area is 131 Å². The summed E-state index contributed by atoms with van der Waals surface area (Å²) in [6.45, 7) is 4.93. The molecule has 0 saturated carbocycles. The van der Waals surface area contributed by atoms with Gasteiger partial charge in [-0.25, -0.2) is 0 Å². The van der Waals surface area contributed by atoms with E-state index >= 15 is 0 Å². The molecule has 1 N–H and O–H groups in total. The fraction of sp³-hybridized carbons (Fsp3) is 0.357. The minimum Gasteiger partial charge on any atom is -0.307 e. The van der Waals surface area contributed by atoms with Gasteiger partial charge in [-0.05, 0) is 35.3 Å². The number of benzene rings is 1. The van der Waals surface area contributed by atoms with Crippen LogP contribution in [0.25, 0.3) is 0 Å². The maximum absolute atomic E-state index is 10.9. The third kappa shape index (κ3) is 3.30. The molecular weight excluding hydrogens is 336 g/mol. The molecule has 6 nitrogen and oxygen atoms in total. The number of hydrogen-bond acceptors (Lipinski definition) is 4. The van der Waals surface area contributed by atoms with Crippen LogP contribution in [0.2, 0.25) is 0 Å². The summed E-state index contributed by atoms with van der Waals surface area (Å²) in [5.74, 6) is 0. The van der Waals surface area contributed by atoms with Crippen LogP contribution in [0.4, 0.5) is 5.69 Å². The number of nitrogens with zero attached hydrogens (tertiary/aromatic N) is 3. The van der Waals surface area contributed by atoms with Crippen molar-refractivity contribution in [1.82, 2.24) is 15.1 Å². The van der Waals surface area contributed by atoms with E-state index in [1.54, 1.807) is 13.0 Å². The maximum atomic E-state index is 10.9. The number of halogens is 1. The highest BCUT2D eigenvalue weighted by Gasteiger charge is 2.14.